The minimum atomic E-state index is -3.51. The Labute approximate surface area is 218 Å². The first-order valence-electron chi connectivity index (χ1n) is 10.2. The molecule has 6 nitrogen and oxygen atoms in total. The molecule has 1 aliphatic rings. The molecule has 0 spiro atoms. The fourth-order valence-corrected chi connectivity index (χ4v) is 5.75. The van der Waals surface area contributed by atoms with Crippen molar-refractivity contribution in [1.29, 1.82) is 0 Å². The number of aromatic nitrogens is 1. The Morgan fingerprint density at radius 3 is 2.44 bits per heavy atom. The van der Waals surface area contributed by atoms with E-state index in [2.05, 4.69) is 15.7 Å². The number of anilines is 1. The molecule has 0 saturated carbocycles. The zero-order valence-electron chi connectivity index (χ0n) is 18.1. The molecule has 32 heavy (non-hydrogen) atoms. The minimum absolute atomic E-state index is 0. The maximum absolute atomic E-state index is 12.8. The predicted molar refractivity (Wildman–Crippen MR) is 123 cm³/mol. The van der Waals surface area contributed by atoms with E-state index in [-0.39, 0.29) is 43.5 Å². The van der Waals surface area contributed by atoms with Crippen molar-refractivity contribution in [3.8, 4) is 11.3 Å². The first-order valence-corrected chi connectivity index (χ1v) is 12.5. The molecule has 1 aromatic heterocycles. The van der Waals surface area contributed by atoms with Gasteiger partial charge in [0, 0.05) is 51.4 Å². The second-order valence-corrected chi connectivity index (χ2v) is 10.5. The van der Waals surface area contributed by atoms with E-state index in [0.717, 1.165) is 36.0 Å². The fourth-order valence-electron chi connectivity index (χ4n) is 3.61. The summed E-state index contributed by atoms with van der Waals surface area (Å²) in [6.45, 7) is 5.13. The predicted octanol–water partition coefficient (Wildman–Crippen LogP) is 4.65. The normalized spacial score (nSPS) is 14.6. The van der Waals surface area contributed by atoms with Crippen molar-refractivity contribution in [1.82, 2.24) is 9.29 Å². The molecule has 4 rings (SSSR count). The first kappa shape index (κ1) is 25.2. The number of sulfonamides is 1. The van der Waals surface area contributed by atoms with Gasteiger partial charge in [0.15, 0.2) is 0 Å². The minimum Gasteiger partial charge on any atom is -0.350 e. The SMILES string of the molecule is Cc1ccc(C)c(-c2[c-]sc(NC(=O)c3ccc(S(=O)(=O)N4CCCCC4)cc3)n2)c1.[Y]. The molecule has 1 saturated heterocycles. The summed E-state index contributed by atoms with van der Waals surface area (Å²) in [5, 5.41) is 6.37. The molecule has 0 unspecified atom stereocenters. The molecule has 0 aliphatic carbocycles. The number of piperidine rings is 1. The van der Waals surface area contributed by atoms with E-state index in [1.165, 1.54) is 39.9 Å². The van der Waals surface area contributed by atoms with Gasteiger partial charge in [0.1, 0.15) is 0 Å². The van der Waals surface area contributed by atoms with Gasteiger partial charge in [0.25, 0.3) is 0 Å². The third-order valence-corrected chi connectivity index (χ3v) is 7.99. The average molecular weight is 544 g/mol. The second-order valence-electron chi connectivity index (χ2n) is 7.73. The fraction of sp³-hybridized carbons (Fsp3) is 0.304. The van der Waals surface area contributed by atoms with Crippen molar-refractivity contribution in [2.75, 3.05) is 18.4 Å². The van der Waals surface area contributed by atoms with E-state index in [1.807, 2.05) is 32.0 Å². The van der Waals surface area contributed by atoms with Crippen LogP contribution in [0.3, 0.4) is 0 Å². The van der Waals surface area contributed by atoms with Crippen LogP contribution in [0.25, 0.3) is 11.3 Å². The zero-order valence-corrected chi connectivity index (χ0v) is 22.6. The number of rotatable bonds is 5. The molecule has 1 N–H and O–H groups in total. The Morgan fingerprint density at radius 2 is 1.75 bits per heavy atom. The maximum atomic E-state index is 12.8. The second kappa shape index (κ2) is 10.7. The van der Waals surface area contributed by atoms with Crippen LogP contribution in [0, 0.1) is 19.2 Å². The van der Waals surface area contributed by atoms with Gasteiger partial charge >= 0.3 is 0 Å². The van der Waals surface area contributed by atoms with E-state index in [9.17, 15) is 13.2 Å². The molecule has 0 atom stereocenters. The average Bonchev–Trinajstić information content (AvgIpc) is 3.24. The maximum Gasteiger partial charge on any atom is 0.246 e. The van der Waals surface area contributed by atoms with Gasteiger partial charge in [-0.1, -0.05) is 47.5 Å². The Bertz CT molecular complexity index is 1200. The summed E-state index contributed by atoms with van der Waals surface area (Å²) in [5.74, 6) is -0.336. The monoisotopic (exact) mass is 543 g/mol. The third kappa shape index (κ3) is 5.54. The number of carbonyl (C=O) groups excluding carboxylic acids is 1. The van der Waals surface area contributed by atoms with Gasteiger partial charge in [-0.2, -0.15) is 4.31 Å². The molecule has 9 heteroatoms. The zero-order chi connectivity index (χ0) is 22.0. The molecule has 165 valence electrons. The molecular formula is C23H24N3O3S2Y-. The van der Waals surface area contributed by atoms with Crippen LogP contribution in [0.4, 0.5) is 5.13 Å². The smallest absolute Gasteiger partial charge is 0.246 e. The van der Waals surface area contributed by atoms with Crippen LogP contribution < -0.4 is 5.32 Å². The van der Waals surface area contributed by atoms with E-state index in [1.54, 1.807) is 0 Å². The van der Waals surface area contributed by atoms with Gasteiger partial charge in [0.2, 0.25) is 15.9 Å². The number of nitrogens with one attached hydrogen (secondary N) is 1. The Hall–Kier alpha value is -1.45. The van der Waals surface area contributed by atoms with Crippen molar-refractivity contribution < 1.29 is 45.9 Å². The number of amides is 1. The van der Waals surface area contributed by atoms with Gasteiger partial charge in [-0.15, -0.1) is 6.07 Å². The van der Waals surface area contributed by atoms with E-state index in [4.69, 9.17) is 0 Å². The van der Waals surface area contributed by atoms with Crippen LogP contribution in [0.15, 0.2) is 47.4 Å². The van der Waals surface area contributed by atoms with Gasteiger partial charge in [-0.25, -0.2) is 19.8 Å². The van der Waals surface area contributed by atoms with Crippen LogP contribution in [0.1, 0.15) is 40.7 Å². The van der Waals surface area contributed by atoms with Crippen molar-refractivity contribution in [2.45, 2.75) is 38.0 Å². The summed E-state index contributed by atoms with van der Waals surface area (Å²) in [6.07, 6.45) is 2.83. The van der Waals surface area contributed by atoms with Crippen LogP contribution in [0.2, 0.25) is 0 Å². The number of hydrogen-bond acceptors (Lipinski definition) is 5. The van der Waals surface area contributed by atoms with Crippen molar-refractivity contribution >= 4 is 32.4 Å². The van der Waals surface area contributed by atoms with Gasteiger partial charge in [-0.3, -0.25) is 4.79 Å². The number of aryl methyl sites for hydroxylation is 2. The summed E-state index contributed by atoms with van der Waals surface area (Å²) in [4.78, 5) is 17.3. The number of carbonyl (C=O) groups is 1. The molecule has 3 aromatic rings. The summed E-state index contributed by atoms with van der Waals surface area (Å²) < 4.78 is 27.0. The van der Waals surface area contributed by atoms with E-state index < -0.39 is 10.0 Å². The number of hydrogen-bond donors (Lipinski definition) is 1. The molecule has 1 fully saturated rings. The van der Waals surface area contributed by atoms with Crippen LogP contribution in [-0.2, 0) is 42.7 Å². The van der Waals surface area contributed by atoms with Gasteiger partial charge < -0.3 is 10.3 Å². The molecular weight excluding hydrogens is 519 g/mol. The van der Waals surface area contributed by atoms with Crippen LogP contribution >= 0.6 is 11.3 Å². The summed E-state index contributed by atoms with van der Waals surface area (Å²) in [6, 6.07) is 12.2. The molecule has 2 aromatic carbocycles. The van der Waals surface area contributed by atoms with Crippen molar-refractivity contribution in [2.24, 2.45) is 0 Å². The third-order valence-electron chi connectivity index (χ3n) is 5.40. The number of nitrogens with zero attached hydrogens (tertiary/aromatic N) is 2. The topological polar surface area (TPSA) is 79.4 Å². The summed E-state index contributed by atoms with van der Waals surface area (Å²) >= 11 is 1.24. The van der Waals surface area contributed by atoms with Crippen LogP contribution in [0.5, 0.6) is 0 Å². The molecule has 2 heterocycles. The number of thiazole rings is 1. The molecule has 1 aliphatic heterocycles. The van der Waals surface area contributed by atoms with Gasteiger partial charge in [-0.05, 0) is 49.7 Å². The molecule has 1 amide bonds. The summed E-state index contributed by atoms with van der Waals surface area (Å²) in [5.41, 5.74) is 4.29. The van der Waals surface area contributed by atoms with E-state index in [0.29, 0.717) is 29.5 Å². The number of benzene rings is 2. The Balaban J connectivity index is 0.00000289. The largest absolute Gasteiger partial charge is 0.350 e. The Kier molecular flexibility index (Phi) is 8.39. The standard InChI is InChI=1S/C23H24N3O3S2.Y/c1-16-6-7-17(2)20(14-16)21-15-30-23(24-21)25-22(27)18-8-10-19(11-9-18)31(28,29)26-12-4-3-5-13-26;/h6-11,14H,3-5,12-13H2,1-2H3,(H,24,25,27);/q-1;. The summed E-state index contributed by atoms with van der Waals surface area (Å²) in [7, 11) is -3.51. The van der Waals surface area contributed by atoms with Crippen LogP contribution in [-0.4, -0.2) is 36.7 Å². The van der Waals surface area contributed by atoms with Crippen molar-refractivity contribution in [3.63, 3.8) is 0 Å². The quantitative estimate of drug-likeness (QED) is 0.476. The molecule has 1 radical (unpaired) electrons. The van der Waals surface area contributed by atoms with Gasteiger partial charge in [0.05, 0.1) is 10.0 Å². The molecule has 0 bridgehead atoms. The Morgan fingerprint density at radius 1 is 1.06 bits per heavy atom. The van der Waals surface area contributed by atoms with Crippen molar-refractivity contribution in [3.05, 3.63) is 64.5 Å². The van der Waals surface area contributed by atoms with E-state index >= 15 is 0 Å². The first-order chi connectivity index (χ1) is 14.8.